The summed E-state index contributed by atoms with van der Waals surface area (Å²) in [6.07, 6.45) is 1.95. The monoisotopic (exact) mass is 228 g/mol. The SMILES string of the molecule is NNC12CC(c3cc(F)cc(F)c3F)(C1)C2. The van der Waals surface area contributed by atoms with Crippen LogP contribution in [0.1, 0.15) is 24.8 Å². The highest BCUT2D eigenvalue weighted by Crippen LogP contribution is 2.67. The minimum Gasteiger partial charge on any atom is -0.271 e. The van der Waals surface area contributed by atoms with Crippen LogP contribution in [0.5, 0.6) is 0 Å². The van der Waals surface area contributed by atoms with Gasteiger partial charge in [0.1, 0.15) is 5.82 Å². The Labute approximate surface area is 90.6 Å². The molecule has 0 aromatic heterocycles. The first kappa shape index (κ1) is 10.1. The predicted molar refractivity (Wildman–Crippen MR) is 51.9 cm³/mol. The van der Waals surface area contributed by atoms with Crippen LogP contribution in [-0.2, 0) is 5.41 Å². The number of hydrogen-bond acceptors (Lipinski definition) is 2. The van der Waals surface area contributed by atoms with Crippen molar-refractivity contribution in [3.05, 3.63) is 35.1 Å². The van der Waals surface area contributed by atoms with E-state index in [1.54, 1.807) is 0 Å². The molecule has 1 aromatic rings. The molecule has 0 amide bonds. The Hall–Kier alpha value is -1.07. The molecule has 2 nitrogen and oxygen atoms in total. The van der Waals surface area contributed by atoms with Crippen molar-refractivity contribution in [1.29, 1.82) is 0 Å². The molecule has 3 aliphatic rings. The van der Waals surface area contributed by atoms with Crippen LogP contribution in [0.4, 0.5) is 13.2 Å². The summed E-state index contributed by atoms with van der Waals surface area (Å²) < 4.78 is 39.7. The van der Waals surface area contributed by atoms with E-state index in [-0.39, 0.29) is 11.1 Å². The van der Waals surface area contributed by atoms with Gasteiger partial charge in [-0.25, -0.2) is 13.2 Å². The molecule has 16 heavy (non-hydrogen) atoms. The number of halogens is 3. The molecule has 5 heteroatoms. The van der Waals surface area contributed by atoms with Gasteiger partial charge in [0.15, 0.2) is 11.6 Å². The molecule has 0 heterocycles. The highest BCUT2D eigenvalue weighted by atomic mass is 19.2. The molecule has 1 aromatic carbocycles. The summed E-state index contributed by atoms with van der Waals surface area (Å²) >= 11 is 0. The minimum absolute atomic E-state index is 0.130. The number of hydrogen-bond donors (Lipinski definition) is 2. The average molecular weight is 228 g/mol. The van der Waals surface area contributed by atoms with Crippen molar-refractivity contribution >= 4 is 0 Å². The van der Waals surface area contributed by atoms with E-state index in [1.807, 2.05) is 0 Å². The topological polar surface area (TPSA) is 38.0 Å². The van der Waals surface area contributed by atoms with Gasteiger partial charge >= 0.3 is 0 Å². The van der Waals surface area contributed by atoms with Gasteiger partial charge in [-0.15, -0.1) is 0 Å². The normalized spacial score (nSPS) is 35.5. The van der Waals surface area contributed by atoms with E-state index in [2.05, 4.69) is 5.43 Å². The first-order chi connectivity index (χ1) is 7.50. The molecule has 0 radical (unpaired) electrons. The lowest BCUT2D eigenvalue weighted by atomic mass is 9.37. The van der Waals surface area contributed by atoms with Crippen LogP contribution in [0.2, 0.25) is 0 Å². The van der Waals surface area contributed by atoms with Crippen molar-refractivity contribution in [1.82, 2.24) is 5.43 Å². The lowest BCUT2D eigenvalue weighted by Gasteiger charge is -2.70. The smallest absolute Gasteiger partial charge is 0.162 e. The van der Waals surface area contributed by atoms with Crippen LogP contribution in [0.3, 0.4) is 0 Å². The standard InChI is InChI=1S/C11H11F3N2/c12-6-1-7(9(14)8(13)2-6)10-3-11(4-10,5-10)16-15/h1-2,16H,3-5,15H2. The first-order valence-corrected chi connectivity index (χ1v) is 5.13. The first-order valence-electron chi connectivity index (χ1n) is 5.13. The summed E-state index contributed by atoms with van der Waals surface area (Å²) in [7, 11) is 0. The molecule has 3 saturated carbocycles. The zero-order chi connectivity index (χ0) is 11.6. The van der Waals surface area contributed by atoms with E-state index in [4.69, 9.17) is 5.84 Å². The van der Waals surface area contributed by atoms with Crippen molar-refractivity contribution < 1.29 is 13.2 Å². The molecule has 0 saturated heterocycles. The van der Waals surface area contributed by atoms with Gasteiger partial charge in [0.05, 0.1) is 0 Å². The van der Waals surface area contributed by atoms with Crippen LogP contribution in [-0.4, -0.2) is 5.54 Å². The zero-order valence-electron chi connectivity index (χ0n) is 8.49. The third-order valence-corrected chi connectivity index (χ3v) is 3.90. The second kappa shape index (κ2) is 2.78. The Balaban J connectivity index is 1.98. The molecular formula is C11H11F3N2. The highest BCUT2D eigenvalue weighted by Gasteiger charge is 2.69. The molecule has 0 atom stereocenters. The van der Waals surface area contributed by atoms with Gasteiger partial charge < -0.3 is 0 Å². The summed E-state index contributed by atoms with van der Waals surface area (Å²) in [5, 5.41) is 0. The molecule has 0 spiro atoms. The minimum atomic E-state index is -1.12. The van der Waals surface area contributed by atoms with Gasteiger partial charge in [0.2, 0.25) is 0 Å². The maximum atomic E-state index is 13.6. The second-order valence-corrected chi connectivity index (χ2v) is 4.98. The predicted octanol–water partition coefficient (Wildman–Crippen LogP) is 1.74. The molecule has 86 valence electrons. The number of nitrogens with two attached hydrogens (primary N) is 1. The van der Waals surface area contributed by atoms with Crippen molar-refractivity contribution in [2.75, 3.05) is 0 Å². The molecule has 0 unspecified atom stereocenters. The Bertz CT molecular complexity index is 453. The number of rotatable bonds is 2. The van der Waals surface area contributed by atoms with Crippen LogP contribution in [0, 0.1) is 17.5 Å². The van der Waals surface area contributed by atoms with Crippen molar-refractivity contribution in [2.24, 2.45) is 5.84 Å². The Kier molecular flexibility index (Phi) is 1.76. The fourth-order valence-corrected chi connectivity index (χ4v) is 3.17. The molecule has 3 aliphatic carbocycles. The average Bonchev–Trinajstić information content (AvgIpc) is 2.09. The van der Waals surface area contributed by atoms with Gasteiger partial charge in [-0.05, 0) is 25.3 Å². The molecule has 2 bridgehead atoms. The quantitative estimate of drug-likeness (QED) is 0.459. The van der Waals surface area contributed by atoms with E-state index in [0.29, 0.717) is 25.3 Å². The lowest BCUT2D eigenvalue weighted by molar-refractivity contribution is -0.0906. The fourth-order valence-electron chi connectivity index (χ4n) is 3.17. The lowest BCUT2D eigenvalue weighted by Crippen LogP contribution is -2.77. The summed E-state index contributed by atoms with van der Waals surface area (Å²) in [6.45, 7) is 0. The summed E-state index contributed by atoms with van der Waals surface area (Å²) in [5.74, 6) is 2.58. The molecule has 3 fully saturated rings. The van der Waals surface area contributed by atoms with E-state index in [0.717, 1.165) is 6.07 Å². The Morgan fingerprint density at radius 1 is 1.12 bits per heavy atom. The van der Waals surface area contributed by atoms with Crippen molar-refractivity contribution in [3.63, 3.8) is 0 Å². The fraction of sp³-hybridized carbons (Fsp3) is 0.455. The number of hydrazine groups is 1. The van der Waals surface area contributed by atoms with Gasteiger partial charge in [0, 0.05) is 22.6 Å². The third kappa shape index (κ3) is 1.05. The molecular weight excluding hydrogens is 217 g/mol. The van der Waals surface area contributed by atoms with Gasteiger partial charge in [-0.3, -0.25) is 11.3 Å². The summed E-state index contributed by atoms with van der Waals surface area (Å²) in [6, 6.07) is 1.67. The van der Waals surface area contributed by atoms with Gasteiger partial charge in [0.25, 0.3) is 0 Å². The highest BCUT2D eigenvalue weighted by molar-refractivity contribution is 5.42. The Morgan fingerprint density at radius 2 is 1.75 bits per heavy atom. The van der Waals surface area contributed by atoms with E-state index in [1.165, 1.54) is 0 Å². The largest absolute Gasteiger partial charge is 0.271 e. The van der Waals surface area contributed by atoms with Gasteiger partial charge in [-0.2, -0.15) is 0 Å². The Morgan fingerprint density at radius 3 is 2.31 bits per heavy atom. The van der Waals surface area contributed by atoms with E-state index < -0.39 is 22.9 Å². The summed E-state index contributed by atoms with van der Waals surface area (Å²) in [4.78, 5) is 0. The van der Waals surface area contributed by atoms with Crippen molar-refractivity contribution in [3.8, 4) is 0 Å². The van der Waals surface area contributed by atoms with E-state index >= 15 is 0 Å². The van der Waals surface area contributed by atoms with E-state index in [9.17, 15) is 13.2 Å². The zero-order valence-corrected chi connectivity index (χ0v) is 8.49. The second-order valence-electron chi connectivity index (χ2n) is 4.98. The van der Waals surface area contributed by atoms with Crippen LogP contribution < -0.4 is 11.3 Å². The molecule has 4 rings (SSSR count). The third-order valence-electron chi connectivity index (χ3n) is 3.90. The number of nitrogens with one attached hydrogen (secondary N) is 1. The molecule has 3 N–H and O–H groups in total. The summed E-state index contributed by atoms with van der Waals surface area (Å²) in [5.41, 5.74) is 2.30. The van der Waals surface area contributed by atoms with Gasteiger partial charge in [-0.1, -0.05) is 0 Å². The maximum Gasteiger partial charge on any atom is 0.162 e. The maximum absolute atomic E-state index is 13.6. The molecule has 0 aliphatic heterocycles. The number of benzene rings is 1. The van der Waals surface area contributed by atoms with Crippen LogP contribution in [0.25, 0.3) is 0 Å². The van der Waals surface area contributed by atoms with Crippen LogP contribution >= 0.6 is 0 Å². The van der Waals surface area contributed by atoms with Crippen LogP contribution in [0.15, 0.2) is 12.1 Å². The van der Waals surface area contributed by atoms with Crippen molar-refractivity contribution in [2.45, 2.75) is 30.2 Å².